The van der Waals surface area contributed by atoms with E-state index in [1.807, 2.05) is 30.0 Å². The van der Waals surface area contributed by atoms with Gasteiger partial charge in [-0.1, -0.05) is 11.6 Å². The lowest BCUT2D eigenvalue weighted by Crippen LogP contribution is -2.51. The highest BCUT2D eigenvalue weighted by Gasteiger charge is 2.29. The Morgan fingerprint density at radius 3 is 2.79 bits per heavy atom. The van der Waals surface area contributed by atoms with Crippen LogP contribution in [-0.4, -0.2) is 68.1 Å². The molecule has 0 aromatic heterocycles. The monoisotopic (exact) mass is 351 g/mol. The molecular weight excluding hydrogens is 326 g/mol. The van der Waals surface area contributed by atoms with Gasteiger partial charge in [0.25, 0.3) is 0 Å². The Balaban J connectivity index is 1.38. The van der Waals surface area contributed by atoms with E-state index < -0.39 is 0 Å². The lowest BCUT2D eigenvalue weighted by molar-refractivity contribution is -0.136. The third-order valence-electron chi connectivity index (χ3n) is 4.90. The summed E-state index contributed by atoms with van der Waals surface area (Å²) in [5.74, 6) is 1.40. The summed E-state index contributed by atoms with van der Waals surface area (Å²) in [6.45, 7) is 8.86. The van der Waals surface area contributed by atoms with Crippen molar-refractivity contribution in [2.45, 2.75) is 13.3 Å². The number of halogens is 1. The summed E-state index contributed by atoms with van der Waals surface area (Å²) in [6, 6.07) is 5.69. The average Bonchev–Trinajstić information content (AvgIpc) is 3.11. The molecule has 1 atom stereocenters. The van der Waals surface area contributed by atoms with Crippen LogP contribution in [0.5, 0.6) is 5.75 Å². The van der Waals surface area contributed by atoms with Gasteiger partial charge < -0.3 is 15.0 Å². The molecule has 0 unspecified atom stereocenters. The minimum Gasteiger partial charge on any atom is -0.492 e. The quantitative estimate of drug-likeness (QED) is 0.878. The van der Waals surface area contributed by atoms with Gasteiger partial charge in [0.1, 0.15) is 12.4 Å². The summed E-state index contributed by atoms with van der Waals surface area (Å²) < 4.78 is 5.86. The standard InChI is InChI=1S/C18H26ClN3O2/c1-14-12-16(19)2-3-17(14)24-11-10-21-6-8-22(9-7-21)18(23)15-4-5-20-13-15/h2-3,12,15,20H,4-11,13H2,1H3/t15-/m0/s1. The molecule has 1 aromatic carbocycles. The van der Waals surface area contributed by atoms with E-state index in [1.165, 1.54) is 0 Å². The Labute approximate surface area is 148 Å². The molecule has 0 aliphatic carbocycles. The van der Waals surface area contributed by atoms with Gasteiger partial charge in [0.05, 0.1) is 5.92 Å². The zero-order valence-corrected chi connectivity index (χ0v) is 15.0. The van der Waals surface area contributed by atoms with E-state index in [-0.39, 0.29) is 5.92 Å². The van der Waals surface area contributed by atoms with Crippen molar-refractivity contribution in [1.82, 2.24) is 15.1 Å². The van der Waals surface area contributed by atoms with E-state index >= 15 is 0 Å². The molecule has 5 nitrogen and oxygen atoms in total. The van der Waals surface area contributed by atoms with E-state index in [9.17, 15) is 4.79 Å². The highest BCUT2D eigenvalue weighted by molar-refractivity contribution is 6.30. The molecule has 0 saturated carbocycles. The van der Waals surface area contributed by atoms with E-state index in [1.54, 1.807) is 0 Å². The number of amides is 1. The molecule has 1 N–H and O–H groups in total. The summed E-state index contributed by atoms with van der Waals surface area (Å²) >= 11 is 5.96. The van der Waals surface area contributed by atoms with E-state index in [0.717, 1.165) is 68.6 Å². The molecule has 2 heterocycles. The minimum absolute atomic E-state index is 0.188. The topological polar surface area (TPSA) is 44.8 Å². The molecule has 0 spiro atoms. The summed E-state index contributed by atoms with van der Waals surface area (Å²) in [6.07, 6.45) is 0.979. The van der Waals surface area contributed by atoms with Gasteiger partial charge in [-0.15, -0.1) is 0 Å². The van der Waals surface area contributed by atoms with Gasteiger partial charge in [-0.25, -0.2) is 0 Å². The van der Waals surface area contributed by atoms with Gasteiger partial charge in [-0.05, 0) is 43.7 Å². The second-order valence-corrected chi connectivity index (χ2v) is 7.05. The fourth-order valence-electron chi connectivity index (χ4n) is 3.37. The summed E-state index contributed by atoms with van der Waals surface area (Å²) in [7, 11) is 0. The number of carbonyl (C=O) groups is 1. The number of hydrogen-bond donors (Lipinski definition) is 1. The Hall–Kier alpha value is -1.30. The SMILES string of the molecule is Cc1cc(Cl)ccc1OCCN1CCN(C(=O)[C@H]2CCNC2)CC1. The lowest BCUT2D eigenvalue weighted by atomic mass is 10.1. The van der Waals surface area contributed by atoms with Crippen LogP contribution < -0.4 is 10.1 Å². The molecule has 6 heteroatoms. The van der Waals surface area contributed by atoms with Crippen LogP contribution in [0, 0.1) is 12.8 Å². The maximum Gasteiger partial charge on any atom is 0.227 e. The van der Waals surface area contributed by atoms with E-state index in [2.05, 4.69) is 10.2 Å². The van der Waals surface area contributed by atoms with Crippen LogP contribution in [0.25, 0.3) is 0 Å². The van der Waals surface area contributed by atoms with Crippen LogP contribution in [0.4, 0.5) is 0 Å². The Morgan fingerprint density at radius 2 is 2.12 bits per heavy atom. The number of nitrogens with zero attached hydrogens (tertiary/aromatic N) is 2. The third kappa shape index (κ3) is 4.41. The number of aryl methyl sites for hydroxylation is 1. The Morgan fingerprint density at radius 1 is 1.33 bits per heavy atom. The van der Waals surface area contributed by atoms with E-state index in [0.29, 0.717) is 12.5 Å². The number of piperazine rings is 1. The number of ether oxygens (including phenoxy) is 1. The zero-order chi connectivity index (χ0) is 16.9. The van der Waals surface area contributed by atoms with Gasteiger partial charge in [-0.3, -0.25) is 9.69 Å². The average molecular weight is 352 g/mol. The van der Waals surface area contributed by atoms with Crippen LogP contribution in [0.3, 0.4) is 0 Å². The normalized spacial score (nSPS) is 21.9. The van der Waals surface area contributed by atoms with Crippen LogP contribution in [-0.2, 0) is 4.79 Å². The van der Waals surface area contributed by atoms with Crippen molar-refractivity contribution < 1.29 is 9.53 Å². The Kier molecular flexibility index (Phi) is 5.98. The third-order valence-corrected chi connectivity index (χ3v) is 5.13. The first kappa shape index (κ1) is 17.5. The van der Waals surface area contributed by atoms with Gasteiger partial charge >= 0.3 is 0 Å². The molecular formula is C18H26ClN3O2. The molecule has 0 radical (unpaired) electrons. The zero-order valence-electron chi connectivity index (χ0n) is 14.3. The molecule has 2 saturated heterocycles. The predicted molar refractivity (Wildman–Crippen MR) is 95.7 cm³/mol. The van der Waals surface area contributed by atoms with Crippen molar-refractivity contribution >= 4 is 17.5 Å². The number of benzene rings is 1. The van der Waals surface area contributed by atoms with Gasteiger partial charge in [0.2, 0.25) is 5.91 Å². The summed E-state index contributed by atoms with van der Waals surface area (Å²) in [5, 5.41) is 4.00. The number of hydrogen-bond acceptors (Lipinski definition) is 4. The maximum absolute atomic E-state index is 12.4. The number of rotatable bonds is 5. The first-order valence-corrected chi connectivity index (χ1v) is 9.12. The van der Waals surface area contributed by atoms with Gasteiger partial charge in [0, 0.05) is 44.3 Å². The second kappa shape index (κ2) is 8.19. The van der Waals surface area contributed by atoms with Crippen molar-refractivity contribution in [3.63, 3.8) is 0 Å². The second-order valence-electron chi connectivity index (χ2n) is 6.61. The lowest BCUT2D eigenvalue weighted by Gasteiger charge is -2.35. The van der Waals surface area contributed by atoms with Crippen molar-refractivity contribution in [3.05, 3.63) is 28.8 Å². The van der Waals surface area contributed by atoms with Crippen LogP contribution in [0.2, 0.25) is 5.02 Å². The molecule has 1 aromatic rings. The molecule has 2 aliphatic heterocycles. The smallest absolute Gasteiger partial charge is 0.227 e. The van der Waals surface area contributed by atoms with Crippen molar-refractivity contribution in [2.24, 2.45) is 5.92 Å². The molecule has 2 fully saturated rings. The van der Waals surface area contributed by atoms with Crippen molar-refractivity contribution in [1.29, 1.82) is 0 Å². The molecule has 1 amide bonds. The number of carbonyl (C=O) groups excluding carboxylic acids is 1. The summed E-state index contributed by atoms with van der Waals surface area (Å²) in [5.41, 5.74) is 1.06. The summed E-state index contributed by atoms with van der Waals surface area (Å²) in [4.78, 5) is 16.8. The fraction of sp³-hybridized carbons (Fsp3) is 0.611. The first-order valence-electron chi connectivity index (χ1n) is 8.74. The molecule has 0 bridgehead atoms. The maximum atomic E-state index is 12.4. The van der Waals surface area contributed by atoms with Gasteiger partial charge in [-0.2, -0.15) is 0 Å². The van der Waals surface area contributed by atoms with Crippen molar-refractivity contribution in [3.8, 4) is 5.75 Å². The largest absolute Gasteiger partial charge is 0.492 e. The minimum atomic E-state index is 0.188. The van der Waals surface area contributed by atoms with Crippen LogP contribution >= 0.6 is 11.6 Å². The fourth-order valence-corrected chi connectivity index (χ4v) is 3.60. The van der Waals surface area contributed by atoms with Crippen molar-refractivity contribution in [2.75, 3.05) is 52.4 Å². The first-order chi connectivity index (χ1) is 11.6. The Bertz CT molecular complexity index is 567. The van der Waals surface area contributed by atoms with Gasteiger partial charge in [0.15, 0.2) is 0 Å². The highest BCUT2D eigenvalue weighted by Crippen LogP contribution is 2.21. The highest BCUT2D eigenvalue weighted by atomic mass is 35.5. The molecule has 24 heavy (non-hydrogen) atoms. The number of nitrogens with one attached hydrogen (secondary N) is 1. The predicted octanol–water partition coefficient (Wildman–Crippen LogP) is 1.78. The van der Waals surface area contributed by atoms with Crippen LogP contribution in [0.15, 0.2) is 18.2 Å². The molecule has 3 rings (SSSR count). The molecule has 132 valence electrons. The van der Waals surface area contributed by atoms with E-state index in [4.69, 9.17) is 16.3 Å². The van der Waals surface area contributed by atoms with Crippen LogP contribution in [0.1, 0.15) is 12.0 Å². The molecule has 2 aliphatic rings.